The lowest BCUT2D eigenvalue weighted by molar-refractivity contribution is -0.145. The van der Waals surface area contributed by atoms with Gasteiger partial charge in [-0.1, -0.05) is 54.6 Å². The van der Waals surface area contributed by atoms with E-state index < -0.39 is 50.8 Å². The van der Waals surface area contributed by atoms with Crippen molar-refractivity contribution in [3.05, 3.63) is 89.5 Å². The fourth-order valence-corrected chi connectivity index (χ4v) is 4.09. The molecule has 0 saturated carbocycles. The minimum Gasteiger partial charge on any atom is -0.469 e. The highest BCUT2D eigenvalue weighted by Gasteiger charge is 2.48. The Labute approximate surface area is 219 Å². The Morgan fingerprint density at radius 1 is 0.846 bits per heavy atom. The number of alkyl halides is 6. The molecule has 13 heteroatoms. The van der Waals surface area contributed by atoms with E-state index in [1.54, 1.807) is 0 Å². The van der Waals surface area contributed by atoms with Gasteiger partial charge >= 0.3 is 27.8 Å². The first-order valence-corrected chi connectivity index (χ1v) is 12.5. The molecule has 0 spiro atoms. The van der Waals surface area contributed by atoms with Crippen molar-refractivity contribution >= 4 is 21.9 Å². The third-order valence-electron chi connectivity index (χ3n) is 5.59. The molecule has 0 aliphatic heterocycles. The molecule has 0 heterocycles. The molecule has 0 bridgehead atoms. The molecule has 0 N–H and O–H groups in total. The molecule has 6 nitrogen and oxygen atoms in total. The van der Waals surface area contributed by atoms with Crippen LogP contribution in [0.4, 0.5) is 26.3 Å². The molecule has 3 aromatic rings. The zero-order valence-corrected chi connectivity index (χ0v) is 20.9. The summed E-state index contributed by atoms with van der Waals surface area (Å²) in [5.74, 6) is -2.80. The summed E-state index contributed by atoms with van der Waals surface area (Å²) in [6, 6.07) is 15.1. The summed E-state index contributed by atoms with van der Waals surface area (Å²) in [5.41, 5.74) is -5.04. The van der Waals surface area contributed by atoms with Crippen LogP contribution in [0.1, 0.15) is 27.9 Å². The van der Waals surface area contributed by atoms with Crippen molar-refractivity contribution in [2.45, 2.75) is 24.5 Å². The lowest BCUT2D eigenvalue weighted by Gasteiger charge is -2.15. The summed E-state index contributed by atoms with van der Waals surface area (Å²) in [6.45, 7) is 0. The van der Waals surface area contributed by atoms with Gasteiger partial charge in [0.25, 0.3) is 0 Å². The molecule has 0 aromatic heterocycles. The van der Waals surface area contributed by atoms with E-state index >= 15 is 0 Å². The largest absolute Gasteiger partial charge is 0.534 e. The van der Waals surface area contributed by atoms with Crippen molar-refractivity contribution in [1.82, 2.24) is 0 Å². The van der Waals surface area contributed by atoms with E-state index in [0.29, 0.717) is 11.1 Å². The third-order valence-corrected chi connectivity index (χ3v) is 6.57. The van der Waals surface area contributed by atoms with Crippen LogP contribution in [0, 0.1) is 5.92 Å². The Hall–Kier alpha value is -3.87. The van der Waals surface area contributed by atoms with Crippen LogP contribution in [0.3, 0.4) is 0 Å². The Bertz CT molecular complexity index is 1430. The van der Waals surface area contributed by atoms with Gasteiger partial charge in [0.05, 0.1) is 18.6 Å². The van der Waals surface area contributed by atoms with Gasteiger partial charge in [0, 0.05) is 12.0 Å². The lowest BCUT2D eigenvalue weighted by atomic mass is 9.91. The SMILES string of the molecule is COC(=O)C(CC(=O)c1ccc(-c2ccc(OS(=O)(=O)C(F)(F)F)cc2)cc1)Cc1cccc(C(F)(F)F)c1. The number of benzene rings is 3. The van der Waals surface area contributed by atoms with Gasteiger partial charge in [0.2, 0.25) is 0 Å². The zero-order chi connectivity index (χ0) is 29.0. The molecule has 1 atom stereocenters. The number of ketones is 1. The molecule has 1 unspecified atom stereocenters. The summed E-state index contributed by atoms with van der Waals surface area (Å²) in [4.78, 5) is 25.1. The second kappa shape index (κ2) is 11.5. The van der Waals surface area contributed by atoms with E-state index in [-0.39, 0.29) is 24.0 Å². The summed E-state index contributed by atoms with van der Waals surface area (Å²) in [6.07, 6.45) is -5.05. The molecule has 0 saturated heterocycles. The molecular formula is C26H20F6O6S. The first-order chi connectivity index (χ1) is 18.1. The minimum absolute atomic E-state index is 0.154. The summed E-state index contributed by atoms with van der Waals surface area (Å²) in [5, 5.41) is 0. The minimum atomic E-state index is -5.81. The monoisotopic (exact) mass is 574 g/mol. The Balaban J connectivity index is 1.72. The van der Waals surface area contributed by atoms with Crippen molar-refractivity contribution in [1.29, 1.82) is 0 Å². The standard InChI is InChI=1S/C26H20F6O6S/c1-37-24(34)20(13-16-3-2-4-21(14-16)25(27,28)29)15-23(33)19-7-5-17(6-8-19)18-9-11-22(12-10-18)38-39(35,36)26(30,31)32/h2-12,14,20H,13,15H2,1H3. The van der Waals surface area contributed by atoms with Crippen molar-refractivity contribution in [2.75, 3.05) is 7.11 Å². The average Bonchev–Trinajstić information content (AvgIpc) is 2.87. The van der Waals surface area contributed by atoms with Gasteiger partial charge in [0.15, 0.2) is 5.78 Å². The van der Waals surface area contributed by atoms with Crippen LogP contribution in [-0.4, -0.2) is 32.8 Å². The Kier molecular flexibility index (Phi) is 8.74. The van der Waals surface area contributed by atoms with Crippen molar-refractivity contribution < 1.29 is 53.3 Å². The van der Waals surface area contributed by atoms with Crippen molar-refractivity contribution in [3.8, 4) is 16.9 Å². The topological polar surface area (TPSA) is 86.7 Å². The number of hydrogen-bond acceptors (Lipinski definition) is 6. The molecule has 0 amide bonds. The smallest absolute Gasteiger partial charge is 0.469 e. The normalized spacial score (nSPS) is 13.0. The van der Waals surface area contributed by atoms with Gasteiger partial charge in [0.1, 0.15) is 5.75 Å². The molecule has 3 rings (SSSR count). The van der Waals surface area contributed by atoms with Crippen LogP contribution in [0.2, 0.25) is 0 Å². The summed E-state index contributed by atoms with van der Waals surface area (Å²) >= 11 is 0. The van der Waals surface area contributed by atoms with Gasteiger partial charge in [-0.3, -0.25) is 9.59 Å². The molecule has 3 aromatic carbocycles. The lowest BCUT2D eigenvalue weighted by Crippen LogP contribution is -2.28. The number of Topliss-reactive ketones (excluding diaryl/α,β-unsaturated/α-hetero) is 1. The predicted octanol–water partition coefficient (Wildman–Crippen LogP) is 6.21. The maximum absolute atomic E-state index is 13.0. The number of rotatable bonds is 9. The Morgan fingerprint density at radius 2 is 1.41 bits per heavy atom. The van der Waals surface area contributed by atoms with Crippen molar-refractivity contribution in [3.63, 3.8) is 0 Å². The van der Waals surface area contributed by atoms with Crippen molar-refractivity contribution in [2.24, 2.45) is 5.92 Å². The van der Waals surface area contributed by atoms with Gasteiger partial charge in [-0.25, -0.2) is 0 Å². The van der Waals surface area contributed by atoms with Gasteiger partial charge in [-0.05, 0) is 41.3 Å². The van der Waals surface area contributed by atoms with Crippen LogP contribution in [0.25, 0.3) is 11.1 Å². The number of ether oxygens (including phenoxy) is 1. The molecule has 0 aliphatic rings. The summed E-state index contributed by atoms with van der Waals surface area (Å²) < 4.78 is 108. The number of hydrogen-bond donors (Lipinski definition) is 0. The highest BCUT2D eigenvalue weighted by molar-refractivity contribution is 7.88. The van der Waals surface area contributed by atoms with E-state index in [0.717, 1.165) is 31.4 Å². The average molecular weight is 574 g/mol. The molecule has 0 fully saturated rings. The predicted molar refractivity (Wildman–Crippen MR) is 127 cm³/mol. The van der Waals surface area contributed by atoms with Gasteiger partial charge in [-0.2, -0.15) is 34.8 Å². The van der Waals surface area contributed by atoms with Crippen LogP contribution in [0.5, 0.6) is 5.75 Å². The second-order valence-electron chi connectivity index (χ2n) is 8.33. The molecule has 208 valence electrons. The van der Waals surface area contributed by atoms with Crippen LogP contribution in [0.15, 0.2) is 72.8 Å². The number of carbonyl (C=O) groups is 2. The van der Waals surface area contributed by atoms with Gasteiger partial charge < -0.3 is 8.92 Å². The Morgan fingerprint density at radius 3 is 1.92 bits per heavy atom. The number of methoxy groups -OCH3 is 1. The highest BCUT2D eigenvalue weighted by Crippen LogP contribution is 2.31. The second-order valence-corrected chi connectivity index (χ2v) is 9.87. The zero-order valence-electron chi connectivity index (χ0n) is 20.0. The van der Waals surface area contributed by atoms with Crippen LogP contribution in [-0.2, 0) is 32.2 Å². The van der Waals surface area contributed by atoms with E-state index in [9.17, 15) is 44.3 Å². The molecule has 0 radical (unpaired) electrons. The van der Waals surface area contributed by atoms with E-state index in [1.165, 1.54) is 48.5 Å². The third kappa shape index (κ3) is 7.59. The summed E-state index contributed by atoms with van der Waals surface area (Å²) in [7, 11) is -4.70. The number of carbonyl (C=O) groups excluding carboxylic acids is 2. The first-order valence-electron chi connectivity index (χ1n) is 11.1. The first kappa shape index (κ1) is 29.7. The van der Waals surface area contributed by atoms with E-state index in [4.69, 9.17) is 4.74 Å². The van der Waals surface area contributed by atoms with Crippen LogP contribution < -0.4 is 4.18 Å². The van der Waals surface area contributed by atoms with Gasteiger partial charge in [-0.15, -0.1) is 0 Å². The maximum Gasteiger partial charge on any atom is 0.534 e. The molecule has 0 aliphatic carbocycles. The molecular weight excluding hydrogens is 554 g/mol. The fraction of sp³-hybridized carbons (Fsp3) is 0.231. The quantitative estimate of drug-likeness (QED) is 0.0994. The fourth-order valence-electron chi connectivity index (χ4n) is 3.63. The number of halogens is 6. The van der Waals surface area contributed by atoms with E-state index in [1.807, 2.05) is 0 Å². The van der Waals surface area contributed by atoms with Crippen LogP contribution >= 0.6 is 0 Å². The highest BCUT2D eigenvalue weighted by atomic mass is 32.2. The number of esters is 1. The van der Waals surface area contributed by atoms with E-state index in [2.05, 4.69) is 4.18 Å². The molecule has 39 heavy (non-hydrogen) atoms. The maximum atomic E-state index is 13.0.